The number of hydrogen-bond donors (Lipinski definition) is 3. The molecule has 0 spiro atoms. The Kier molecular flexibility index (Phi) is 5.74. The molecule has 7 heteroatoms. The van der Waals surface area contributed by atoms with Crippen LogP contribution in [0.15, 0.2) is 29.0 Å². The molecule has 1 aromatic heterocycles. The minimum absolute atomic E-state index is 0.133. The molecule has 0 saturated heterocycles. The second-order valence-corrected chi connectivity index (χ2v) is 4.65. The van der Waals surface area contributed by atoms with E-state index in [1.165, 1.54) is 0 Å². The third-order valence-corrected chi connectivity index (χ3v) is 2.85. The summed E-state index contributed by atoms with van der Waals surface area (Å²) in [6.07, 6.45) is 2.11. The Morgan fingerprint density at radius 3 is 2.74 bits per heavy atom. The van der Waals surface area contributed by atoms with Crippen LogP contribution in [0.3, 0.4) is 0 Å². The lowest BCUT2D eigenvalue weighted by molar-refractivity contribution is -0.131. The molecule has 0 aliphatic heterocycles. The van der Waals surface area contributed by atoms with E-state index < -0.39 is 17.9 Å². The van der Waals surface area contributed by atoms with Crippen LogP contribution in [0.25, 0.3) is 0 Å². The van der Waals surface area contributed by atoms with Crippen molar-refractivity contribution < 1.29 is 19.5 Å². The van der Waals surface area contributed by atoms with Crippen LogP contribution in [0.1, 0.15) is 12.5 Å². The van der Waals surface area contributed by atoms with Crippen LogP contribution >= 0.6 is 11.3 Å². The van der Waals surface area contributed by atoms with Crippen molar-refractivity contribution in [1.29, 1.82) is 0 Å². The summed E-state index contributed by atoms with van der Waals surface area (Å²) in [5.74, 6) is -2.02. The van der Waals surface area contributed by atoms with E-state index in [1.54, 1.807) is 11.3 Å². The Labute approximate surface area is 114 Å². The topological polar surface area (TPSA) is 95.5 Å². The maximum Gasteiger partial charge on any atom is 0.328 e. The SMILES string of the molecule is CC(Cc1ccsc1)NC(=O)NC(=O)/C=C/C(=O)O. The predicted octanol–water partition coefficient (Wildman–Crippen LogP) is 1.15. The number of amides is 3. The lowest BCUT2D eigenvalue weighted by Crippen LogP contribution is -2.43. The van der Waals surface area contributed by atoms with Crippen molar-refractivity contribution in [2.75, 3.05) is 0 Å². The monoisotopic (exact) mass is 282 g/mol. The van der Waals surface area contributed by atoms with Crippen LogP contribution in [-0.4, -0.2) is 29.1 Å². The second-order valence-electron chi connectivity index (χ2n) is 3.87. The van der Waals surface area contributed by atoms with E-state index >= 15 is 0 Å². The quantitative estimate of drug-likeness (QED) is 0.706. The second kappa shape index (κ2) is 7.32. The van der Waals surface area contributed by atoms with E-state index in [9.17, 15) is 14.4 Å². The van der Waals surface area contributed by atoms with Crippen LogP contribution < -0.4 is 10.6 Å². The standard InChI is InChI=1S/C12H14N2O4S/c1-8(6-9-4-5-19-7-9)13-12(18)14-10(15)2-3-11(16)17/h2-5,7-8H,6H2,1H3,(H,16,17)(H2,13,14,15,18)/b3-2+. The van der Waals surface area contributed by atoms with Crippen molar-refractivity contribution in [3.8, 4) is 0 Å². The molecule has 0 aliphatic rings. The van der Waals surface area contributed by atoms with Gasteiger partial charge >= 0.3 is 12.0 Å². The predicted molar refractivity (Wildman–Crippen MR) is 70.9 cm³/mol. The molecular formula is C12H14N2O4S. The van der Waals surface area contributed by atoms with Crippen molar-refractivity contribution in [3.63, 3.8) is 0 Å². The highest BCUT2D eigenvalue weighted by molar-refractivity contribution is 7.07. The number of aliphatic carboxylic acids is 1. The molecule has 6 nitrogen and oxygen atoms in total. The molecular weight excluding hydrogens is 268 g/mol. The Bertz CT molecular complexity index is 482. The lowest BCUT2D eigenvalue weighted by Gasteiger charge is -2.12. The molecule has 0 aliphatic carbocycles. The number of imide groups is 1. The largest absolute Gasteiger partial charge is 0.478 e. The highest BCUT2D eigenvalue weighted by Gasteiger charge is 2.10. The van der Waals surface area contributed by atoms with Gasteiger partial charge in [0.2, 0.25) is 0 Å². The minimum atomic E-state index is -1.25. The fourth-order valence-electron chi connectivity index (χ4n) is 1.37. The smallest absolute Gasteiger partial charge is 0.328 e. The fraction of sp³-hybridized carbons (Fsp3) is 0.250. The molecule has 1 aromatic rings. The molecule has 1 rings (SSSR count). The van der Waals surface area contributed by atoms with E-state index in [2.05, 4.69) is 5.32 Å². The van der Waals surface area contributed by atoms with Gasteiger partial charge in [0.15, 0.2) is 0 Å². The maximum atomic E-state index is 11.4. The molecule has 3 N–H and O–H groups in total. The van der Waals surface area contributed by atoms with Gasteiger partial charge in [-0.1, -0.05) is 0 Å². The third-order valence-electron chi connectivity index (χ3n) is 2.11. The van der Waals surface area contributed by atoms with Crippen LogP contribution in [0.5, 0.6) is 0 Å². The highest BCUT2D eigenvalue weighted by Crippen LogP contribution is 2.08. The zero-order chi connectivity index (χ0) is 14.3. The molecule has 0 bridgehead atoms. The van der Waals surface area contributed by atoms with Gasteiger partial charge in [0.1, 0.15) is 0 Å². The third kappa shape index (κ3) is 6.37. The Morgan fingerprint density at radius 1 is 1.42 bits per heavy atom. The molecule has 1 heterocycles. The van der Waals surface area contributed by atoms with Crippen LogP contribution in [0.2, 0.25) is 0 Å². The first-order valence-electron chi connectivity index (χ1n) is 5.51. The zero-order valence-corrected chi connectivity index (χ0v) is 11.1. The summed E-state index contributed by atoms with van der Waals surface area (Å²) < 4.78 is 0. The van der Waals surface area contributed by atoms with Crippen LogP contribution in [0, 0.1) is 0 Å². The van der Waals surface area contributed by atoms with Gasteiger partial charge in [-0.15, -0.1) is 0 Å². The van der Waals surface area contributed by atoms with Gasteiger partial charge < -0.3 is 10.4 Å². The maximum absolute atomic E-state index is 11.4. The normalized spacial score (nSPS) is 12.1. The van der Waals surface area contributed by atoms with E-state index in [1.807, 2.05) is 29.1 Å². The summed E-state index contributed by atoms with van der Waals surface area (Å²) in [5.41, 5.74) is 1.11. The minimum Gasteiger partial charge on any atom is -0.478 e. The Hall–Kier alpha value is -2.15. The van der Waals surface area contributed by atoms with E-state index in [4.69, 9.17) is 5.11 Å². The summed E-state index contributed by atoms with van der Waals surface area (Å²) in [6, 6.07) is 1.18. The first-order valence-corrected chi connectivity index (χ1v) is 6.45. The number of thiophene rings is 1. The first kappa shape index (κ1) is 14.9. The van der Waals surface area contributed by atoms with Crippen LogP contribution in [-0.2, 0) is 16.0 Å². The molecule has 19 heavy (non-hydrogen) atoms. The van der Waals surface area contributed by atoms with Gasteiger partial charge in [0, 0.05) is 18.2 Å². The zero-order valence-electron chi connectivity index (χ0n) is 10.3. The number of carboxylic acid groups (broad SMARTS) is 1. The van der Waals surface area contributed by atoms with Gasteiger partial charge in [-0.2, -0.15) is 11.3 Å². The van der Waals surface area contributed by atoms with E-state index in [0.29, 0.717) is 12.5 Å². The van der Waals surface area contributed by atoms with Gasteiger partial charge in [-0.05, 0) is 35.7 Å². The molecule has 1 unspecified atom stereocenters. The molecule has 0 radical (unpaired) electrons. The lowest BCUT2D eigenvalue weighted by atomic mass is 10.1. The van der Waals surface area contributed by atoms with Crippen molar-refractivity contribution >= 4 is 29.2 Å². The Morgan fingerprint density at radius 2 is 2.16 bits per heavy atom. The molecule has 3 amide bonds. The van der Waals surface area contributed by atoms with Crippen molar-refractivity contribution in [3.05, 3.63) is 34.5 Å². The Balaban J connectivity index is 2.34. The number of carbonyl (C=O) groups is 3. The van der Waals surface area contributed by atoms with Crippen LogP contribution in [0.4, 0.5) is 4.79 Å². The number of urea groups is 1. The summed E-state index contributed by atoms with van der Waals surface area (Å²) in [6.45, 7) is 1.81. The first-order chi connectivity index (χ1) is 8.97. The summed E-state index contributed by atoms with van der Waals surface area (Å²) in [5, 5.41) is 16.8. The van der Waals surface area contributed by atoms with Crippen molar-refractivity contribution in [2.45, 2.75) is 19.4 Å². The number of nitrogens with one attached hydrogen (secondary N) is 2. The molecule has 1 atom stereocenters. The molecule has 0 fully saturated rings. The van der Waals surface area contributed by atoms with Gasteiger partial charge in [-0.25, -0.2) is 9.59 Å². The van der Waals surface area contributed by atoms with Crippen molar-refractivity contribution in [1.82, 2.24) is 10.6 Å². The van der Waals surface area contributed by atoms with Crippen molar-refractivity contribution in [2.24, 2.45) is 0 Å². The molecule has 0 aromatic carbocycles. The van der Waals surface area contributed by atoms with Gasteiger partial charge in [0.25, 0.3) is 5.91 Å². The average Bonchev–Trinajstić information content (AvgIpc) is 2.78. The number of carboxylic acids is 1. The highest BCUT2D eigenvalue weighted by atomic mass is 32.1. The van der Waals surface area contributed by atoms with E-state index in [-0.39, 0.29) is 6.04 Å². The number of carbonyl (C=O) groups excluding carboxylic acids is 2. The van der Waals surface area contributed by atoms with E-state index in [0.717, 1.165) is 11.6 Å². The number of hydrogen-bond acceptors (Lipinski definition) is 4. The summed E-state index contributed by atoms with van der Waals surface area (Å²) in [7, 11) is 0. The molecule has 0 saturated carbocycles. The summed E-state index contributed by atoms with van der Waals surface area (Å²) in [4.78, 5) is 32.7. The van der Waals surface area contributed by atoms with Gasteiger partial charge in [-0.3, -0.25) is 10.1 Å². The molecule has 102 valence electrons. The fourth-order valence-corrected chi connectivity index (χ4v) is 2.06. The van der Waals surface area contributed by atoms with Gasteiger partial charge in [0.05, 0.1) is 0 Å². The average molecular weight is 282 g/mol. The summed E-state index contributed by atoms with van der Waals surface area (Å²) >= 11 is 1.57. The number of rotatable bonds is 5.